The molecule has 2 amide bonds. The van der Waals surface area contributed by atoms with Gasteiger partial charge in [0.15, 0.2) is 11.5 Å². The van der Waals surface area contributed by atoms with Crippen molar-refractivity contribution in [3.05, 3.63) is 61.8 Å². The highest BCUT2D eigenvalue weighted by molar-refractivity contribution is 14.1. The van der Waals surface area contributed by atoms with Crippen LogP contribution in [-0.2, 0) is 20.9 Å². The maximum atomic E-state index is 13.1. The number of rotatable bonds is 7. The SMILES string of the molecule is COc1cc(C=C2SC(=O)N(CC(=O)OC(C)(C)C)C2=O)cc(I)c1OCc1ccc(F)cc1. The second-order valence-electron chi connectivity index (χ2n) is 8.30. The van der Waals surface area contributed by atoms with E-state index in [9.17, 15) is 18.8 Å². The van der Waals surface area contributed by atoms with E-state index in [2.05, 4.69) is 22.6 Å². The summed E-state index contributed by atoms with van der Waals surface area (Å²) >= 11 is 2.84. The Kier molecular flexibility index (Phi) is 8.24. The monoisotopic (exact) mass is 599 g/mol. The first kappa shape index (κ1) is 26.0. The summed E-state index contributed by atoms with van der Waals surface area (Å²) in [5, 5.41) is -0.539. The van der Waals surface area contributed by atoms with Crippen LogP contribution in [0.2, 0.25) is 0 Å². The Bertz CT molecular complexity index is 1140. The number of methoxy groups -OCH3 is 1. The Labute approximate surface area is 214 Å². The highest BCUT2D eigenvalue weighted by Gasteiger charge is 2.37. The molecule has 0 aliphatic carbocycles. The van der Waals surface area contributed by atoms with E-state index in [1.165, 1.54) is 19.2 Å². The largest absolute Gasteiger partial charge is 0.493 e. The van der Waals surface area contributed by atoms with Gasteiger partial charge >= 0.3 is 5.97 Å². The lowest BCUT2D eigenvalue weighted by Crippen LogP contribution is -2.37. The molecule has 180 valence electrons. The van der Waals surface area contributed by atoms with E-state index in [4.69, 9.17) is 14.2 Å². The molecule has 0 spiro atoms. The fraction of sp³-hybridized carbons (Fsp3) is 0.292. The molecule has 1 fully saturated rings. The van der Waals surface area contributed by atoms with Gasteiger partial charge in [0.25, 0.3) is 11.1 Å². The van der Waals surface area contributed by atoms with Gasteiger partial charge in [0.05, 0.1) is 15.6 Å². The average Bonchev–Trinajstić information content (AvgIpc) is 2.99. The number of carbonyl (C=O) groups is 3. The minimum absolute atomic E-state index is 0.186. The Morgan fingerprint density at radius 3 is 2.47 bits per heavy atom. The van der Waals surface area contributed by atoms with Crippen molar-refractivity contribution >= 4 is 57.5 Å². The molecule has 7 nitrogen and oxygen atoms in total. The van der Waals surface area contributed by atoms with Gasteiger partial charge in [0.2, 0.25) is 0 Å². The second kappa shape index (κ2) is 10.8. The number of halogens is 2. The molecule has 1 aliphatic heterocycles. The van der Waals surface area contributed by atoms with Crippen molar-refractivity contribution in [2.45, 2.75) is 33.0 Å². The van der Waals surface area contributed by atoms with Crippen LogP contribution in [0.25, 0.3) is 6.08 Å². The molecule has 10 heteroatoms. The maximum Gasteiger partial charge on any atom is 0.326 e. The molecule has 1 saturated heterocycles. The summed E-state index contributed by atoms with van der Waals surface area (Å²) in [6.45, 7) is 4.90. The zero-order chi connectivity index (χ0) is 25.0. The van der Waals surface area contributed by atoms with Gasteiger partial charge in [-0.05, 0) is 96.6 Å². The van der Waals surface area contributed by atoms with Crippen LogP contribution >= 0.6 is 34.4 Å². The number of imide groups is 1. The van der Waals surface area contributed by atoms with Crippen molar-refractivity contribution in [1.29, 1.82) is 0 Å². The van der Waals surface area contributed by atoms with Crippen molar-refractivity contribution in [2.24, 2.45) is 0 Å². The van der Waals surface area contributed by atoms with E-state index in [1.807, 2.05) is 0 Å². The van der Waals surface area contributed by atoms with Crippen LogP contribution in [0.1, 0.15) is 31.9 Å². The number of carbonyl (C=O) groups excluding carboxylic acids is 3. The lowest BCUT2D eigenvalue weighted by atomic mass is 10.1. The molecule has 0 atom stereocenters. The van der Waals surface area contributed by atoms with Crippen LogP contribution in [0.3, 0.4) is 0 Å². The fourth-order valence-corrected chi connectivity index (χ4v) is 4.61. The average molecular weight is 599 g/mol. The zero-order valence-electron chi connectivity index (χ0n) is 19.0. The quantitative estimate of drug-likeness (QED) is 0.240. The second-order valence-corrected chi connectivity index (χ2v) is 10.5. The first-order valence-electron chi connectivity index (χ1n) is 10.2. The molecule has 34 heavy (non-hydrogen) atoms. The lowest BCUT2D eigenvalue weighted by molar-refractivity contribution is -0.156. The van der Waals surface area contributed by atoms with Crippen molar-refractivity contribution in [3.63, 3.8) is 0 Å². The predicted molar refractivity (Wildman–Crippen MR) is 135 cm³/mol. The number of amides is 2. The predicted octanol–water partition coefficient (Wildman–Crippen LogP) is 5.40. The third-order valence-electron chi connectivity index (χ3n) is 4.43. The first-order valence-corrected chi connectivity index (χ1v) is 12.1. The minimum atomic E-state index is -0.720. The minimum Gasteiger partial charge on any atom is -0.493 e. The first-order chi connectivity index (χ1) is 16.0. The third kappa shape index (κ3) is 6.72. The summed E-state index contributed by atoms with van der Waals surface area (Å²) in [4.78, 5) is 38.2. The molecule has 0 saturated carbocycles. The van der Waals surface area contributed by atoms with E-state index < -0.39 is 29.3 Å². The topological polar surface area (TPSA) is 82.1 Å². The van der Waals surface area contributed by atoms with Gasteiger partial charge in [-0.3, -0.25) is 19.3 Å². The van der Waals surface area contributed by atoms with Crippen LogP contribution < -0.4 is 9.47 Å². The molecule has 1 aliphatic rings. The number of thioether (sulfide) groups is 1. The number of benzene rings is 2. The molecular weight excluding hydrogens is 576 g/mol. The van der Waals surface area contributed by atoms with E-state index >= 15 is 0 Å². The molecule has 2 aromatic rings. The number of hydrogen-bond donors (Lipinski definition) is 0. The number of esters is 1. The number of nitrogens with zero attached hydrogens (tertiary/aromatic N) is 1. The molecule has 0 aromatic heterocycles. The van der Waals surface area contributed by atoms with E-state index in [0.717, 1.165) is 25.8 Å². The summed E-state index contributed by atoms with van der Waals surface area (Å²) in [7, 11) is 1.49. The van der Waals surface area contributed by atoms with Gasteiger partial charge in [0, 0.05) is 0 Å². The Morgan fingerprint density at radius 1 is 1.18 bits per heavy atom. The van der Waals surface area contributed by atoms with E-state index in [0.29, 0.717) is 17.1 Å². The third-order valence-corrected chi connectivity index (χ3v) is 6.14. The number of hydrogen-bond acceptors (Lipinski definition) is 7. The van der Waals surface area contributed by atoms with Gasteiger partial charge in [0.1, 0.15) is 24.6 Å². The van der Waals surface area contributed by atoms with Crippen LogP contribution in [0.5, 0.6) is 11.5 Å². The smallest absolute Gasteiger partial charge is 0.326 e. The van der Waals surface area contributed by atoms with Gasteiger partial charge in [-0.2, -0.15) is 0 Å². The summed E-state index contributed by atoms with van der Waals surface area (Å²) in [6.07, 6.45) is 1.56. The van der Waals surface area contributed by atoms with Crippen molar-refractivity contribution in [2.75, 3.05) is 13.7 Å². The fourth-order valence-electron chi connectivity index (χ4n) is 2.99. The van der Waals surface area contributed by atoms with E-state index in [-0.39, 0.29) is 17.3 Å². The highest BCUT2D eigenvalue weighted by atomic mass is 127. The van der Waals surface area contributed by atoms with Gasteiger partial charge in [-0.25, -0.2) is 4.39 Å². The summed E-state index contributed by atoms with van der Waals surface area (Å²) < 4.78 is 30.4. The van der Waals surface area contributed by atoms with Crippen molar-refractivity contribution in [3.8, 4) is 11.5 Å². The van der Waals surface area contributed by atoms with E-state index in [1.54, 1.807) is 51.1 Å². The summed E-state index contributed by atoms with van der Waals surface area (Å²) in [5.74, 6) is -0.604. The molecule has 0 bridgehead atoms. The molecule has 2 aromatic carbocycles. The van der Waals surface area contributed by atoms with Crippen LogP contribution in [0, 0.1) is 9.39 Å². The lowest BCUT2D eigenvalue weighted by Gasteiger charge is -2.21. The Morgan fingerprint density at radius 2 is 1.85 bits per heavy atom. The normalized spacial score (nSPS) is 15.1. The zero-order valence-corrected chi connectivity index (χ0v) is 22.0. The number of ether oxygens (including phenoxy) is 3. The maximum absolute atomic E-state index is 13.1. The molecule has 0 N–H and O–H groups in total. The van der Waals surface area contributed by atoms with Crippen LogP contribution in [0.15, 0.2) is 41.3 Å². The van der Waals surface area contributed by atoms with Crippen molar-refractivity contribution < 1.29 is 33.0 Å². The Hall–Kier alpha value is -2.60. The molecular formula is C24H23FINO6S. The van der Waals surface area contributed by atoms with Gasteiger partial charge in [-0.15, -0.1) is 0 Å². The van der Waals surface area contributed by atoms with Gasteiger partial charge in [-0.1, -0.05) is 12.1 Å². The summed E-state index contributed by atoms with van der Waals surface area (Å²) in [5.41, 5.74) is 0.697. The standard InChI is InChI=1S/C24H23FINO6S/c1-24(2,3)33-20(28)12-27-22(29)19(34-23(27)30)11-15-9-17(26)21(18(10-15)31-4)32-13-14-5-7-16(25)8-6-14/h5-11H,12-13H2,1-4H3. The van der Waals surface area contributed by atoms with Crippen LogP contribution in [-0.4, -0.2) is 41.3 Å². The van der Waals surface area contributed by atoms with Crippen molar-refractivity contribution in [1.82, 2.24) is 4.90 Å². The Balaban J connectivity index is 1.76. The molecule has 1 heterocycles. The molecule has 0 unspecified atom stereocenters. The molecule has 0 radical (unpaired) electrons. The summed E-state index contributed by atoms with van der Waals surface area (Å²) in [6, 6.07) is 9.46. The molecule has 3 rings (SSSR count). The van der Waals surface area contributed by atoms with Gasteiger partial charge < -0.3 is 14.2 Å². The van der Waals surface area contributed by atoms with Crippen LogP contribution in [0.4, 0.5) is 9.18 Å². The highest BCUT2D eigenvalue weighted by Crippen LogP contribution is 2.37.